The monoisotopic (exact) mass is 496 g/mol. The van der Waals surface area contributed by atoms with E-state index in [1.54, 1.807) is 14.8 Å². The number of nitrogens with one attached hydrogen (secondary N) is 1. The van der Waals surface area contributed by atoms with E-state index in [4.69, 9.17) is 0 Å². The van der Waals surface area contributed by atoms with E-state index in [-0.39, 0.29) is 31.4 Å². The molecule has 2 saturated heterocycles. The molecule has 4 amide bonds. The lowest BCUT2D eigenvalue weighted by Crippen LogP contribution is -2.65. The Bertz CT molecular complexity index is 1370. The van der Waals surface area contributed by atoms with E-state index in [1.165, 1.54) is 12.1 Å². The summed E-state index contributed by atoms with van der Waals surface area (Å²) >= 11 is 0. The molecule has 0 aromatic heterocycles. The summed E-state index contributed by atoms with van der Waals surface area (Å²) in [6, 6.07) is 24.5. The van der Waals surface area contributed by atoms with Crippen molar-refractivity contribution in [3.63, 3.8) is 0 Å². The Morgan fingerprint density at radius 2 is 1.78 bits per heavy atom. The minimum absolute atomic E-state index is 0.0829. The lowest BCUT2D eigenvalue weighted by molar-refractivity contribution is -0.157. The molecule has 1 N–H and O–H groups in total. The van der Waals surface area contributed by atoms with Crippen molar-refractivity contribution in [2.75, 3.05) is 26.7 Å². The minimum Gasteiger partial charge on any atom is -0.340 e. The molecular weight excluding hydrogens is 468 g/mol. The second kappa shape index (κ2) is 10.3. The summed E-state index contributed by atoms with van der Waals surface area (Å²) in [6.45, 7) is 0.298. The lowest BCUT2D eigenvalue weighted by Gasteiger charge is -2.46. The molecular formula is C28H28N6O3. The van der Waals surface area contributed by atoms with E-state index in [0.29, 0.717) is 13.0 Å². The fourth-order valence-corrected chi connectivity index (χ4v) is 5.34. The summed E-state index contributed by atoms with van der Waals surface area (Å²) in [7, 11) is 1.48. The van der Waals surface area contributed by atoms with Gasteiger partial charge in [0.25, 0.3) is 0 Å². The van der Waals surface area contributed by atoms with Crippen LogP contribution in [0.2, 0.25) is 0 Å². The van der Waals surface area contributed by atoms with Crippen molar-refractivity contribution in [1.82, 2.24) is 25.1 Å². The van der Waals surface area contributed by atoms with Gasteiger partial charge in [-0.1, -0.05) is 72.8 Å². The number of piperazine rings is 1. The van der Waals surface area contributed by atoms with Crippen molar-refractivity contribution in [2.24, 2.45) is 0 Å². The number of rotatable bonds is 6. The highest BCUT2D eigenvalue weighted by atomic mass is 16.2. The highest BCUT2D eigenvalue weighted by Gasteiger charge is 2.52. The Balaban J connectivity index is 1.52. The fourth-order valence-electron chi connectivity index (χ4n) is 5.34. The Kier molecular flexibility index (Phi) is 6.75. The Morgan fingerprint density at radius 3 is 2.54 bits per heavy atom. The number of carbonyl (C=O) groups excluding carboxylic acids is 3. The van der Waals surface area contributed by atoms with Crippen LogP contribution in [0.1, 0.15) is 11.1 Å². The first-order chi connectivity index (χ1) is 18.0. The summed E-state index contributed by atoms with van der Waals surface area (Å²) < 4.78 is 0. The number of fused-ring (bicyclic) bond motifs is 2. The fraction of sp³-hybridized carbons (Fsp3) is 0.286. The van der Waals surface area contributed by atoms with E-state index < -0.39 is 18.2 Å². The van der Waals surface area contributed by atoms with Crippen molar-refractivity contribution >= 4 is 28.6 Å². The SMILES string of the molecule is CNC(=O)N(CC#N)N1CC(=O)N2[C@@H](Cc3ccccc3)C(=O)N(Cc3cccc4ccccc34)C[C@@H]21. The molecule has 2 heterocycles. The molecule has 0 saturated carbocycles. The molecule has 2 fully saturated rings. The molecule has 0 aliphatic carbocycles. The van der Waals surface area contributed by atoms with Crippen molar-refractivity contribution in [2.45, 2.75) is 25.2 Å². The van der Waals surface area contributed by atoms with Crippen molar-refractivity contribution in [1.29, 1.82) is 5.26 Å². The summed E-state index contributed by atoms with van der Waals surface area (Å²) in [5.74, 6) is -0.369. The lowest BCUT2D eigenvalue weighted by atomic mass is 9.99. The van der Waals surface area contributed by atoms with Crippen LogP contribution >= 0.6 is 0 Å². The number of nitrogens with zero attached hydrogens (tertiary/aromatic N) is 5. The van der Waals surface area contributed by atoms with E-state index >= 15 is 0 Å². The summed E-state index contributed by atoms with van der Waals surface area (Å²) in [6.07, 6.45) is -0.209. The van der Waals surface area contributed by atoms with Crippen LogP contribution in [0.25, 0.3) is 10.8 Å². The Hall–Kier alpha value is -4.42. The van der Waals surface area contributed by atoms with Crippen LogP contribution in [0.5, 0.6) is 0 Å². The minimum atomic E-state index is -0.720. The first-order valence-corrected chi connectivity index (χ1v) is 12.2. The van der Waals surface area contributed by atoms with Crippen LogP contribution < -0.4 is 5.32 Å². The van der Waals surface area contributed by atoms with Crippen molar-refractivity contribution in [3.05, 3.63) is 83.9 Å². The zero-order valence-electron chi connectivity index (χ0n) is 20.6. The number of benzene rings is 3. The number of nitriles is 1. The third-order valence-corrected chi connectivity index (χ3v) is 7.06. The third-order valence-electron chi connectivity index (χ3n) is 7.06. The second-order valence-electron chi connectivity index (χ2n) is 9.21. The predicted octanol–water partition coefficient (Wildman–Crippen LogP) is 2.34. The van der Waals surface area contributed by atoms with E-state index in [9.17, 15) is 19.6 Å². The van der Waals surface area contributed by atoms with Crippen LogP contribution in [0.4, 0.5) is 4.79 Å². The second-order valence-corrected chi connectivity index (χ2v) is 9.21. The zero-order chi connectivity index (χ0) is 25.9. The van der Waals surface area contributed by atoms with Crippen molar-refractivity contribution in [3.8, 4) is 6.07 Å². The maximum atomic E-state index is 13.9. The average molecular weight is 497 g/mol. The first-order valence-electron chi connectivity index (χ1n) is 12.2. The molecule has 0 unspecified atom stereocenters. The smallest absolute Gasteiger partial charge is 0.332 e. The molecule has 3 aromatic rings. The van der Waals surface area contributed by atoms with Gasteiger partial charge in [-0.25, -0.2) is 9.80 Å². The van der Waals surface area contributed by atoms with Gasteiger partial charge in [-0.2, -0.15) is 10.3 Å². The van der Waals surface area contributed by atoms with Crippen LogP contribution in [0, 0.1) is 11.3 Å². The van der Waals surface area contributed by atoms with Gasteiger partial charge in [0.05, 0.1) is 19.2 Å². The number of hydrazine groups is 1. The molecule has 37 heavy (non-hydrogen) atoms. The molecule has 0 spiro atoms. The average Bonchev–Trinajstić information content (AvgIpc) is 3.25. The first kappa shape index (κ1) is 24.3. The number of amides is 4. The largest absolute Gasteiger partial charge is 0.340 e. The molecule has 5 rings (SSSR count). The van der Waals surface area contributed by atoms with Crippen LogP contribution in [-0.4, -0.2) is 76.6 Å². The van der Waals surface area contributed by atoms with E-state index in [1.807, 2.05) is 78.9 Å². The predicted molar refractivity (Wildman–Crippen MR) is 137 cm³/mol. The summed E-state index contributed by atoms with van der Waals surface area (Å²) in [5, 5.41) is 17.0. The normalized spacial score (nSPS) is 19.6. The summed E-state index contributed by atoms with van der Waals surface area (Å²) in [5.41, 5.74) is 1.95. The van der Waals surface area contributed by atoms with E-state index in [0.717, 1.165) is 21.9 Å². The van der Waals surface area contributed by atoms with Gasteiger partial charge in [0.1, 0.15) is 18.8 Å². The highest BCUT2D eigenvalue weighted by molar-refractivity contribution is 5.92. The van der Waals surface area contributed by atoms with Gasteiger partial charge in [0, 0.05) is 20.0 Å². The van der Waals surface area contributed by atoms with Crippen molar-refractivity contribution < 1.29 is 14.4 Å². The molecule has 2 aliphatic heterocycles. The Morgan fingerprint density at radius 1 is 1.05 bits per heavy atom. The third kappa shape index (κ3) is 4.59. The molecule has 188 valence electrons. The molecule has 2 atom stereocenters. The van der Waals surface area contributed by atoms with Gasteiger partial charge in [0.15, 0.2) is 0 Å². The van der Waals surface area contributed by atoms with Gasteiger partial charge < -0.3 is 15.1 Å². The maximum Gasteiger partial charge on any atom is 0.332 e. The number of hydrogen-bond acceptors (Lipinski definition) is 5. The van der Waals surface area contributed by atoms with Crippen LogP contribution in [0.15, 0.2) is 72.8 Å². The van der Waals surface area contributed by atoms with Gasteiger partial charge in [-0.15, -0.1) is 0 Å². The van der Waals surface area contributed by atoms with Gasteiger partial charge in [0.2, 0.25) is 11.8 Å². The van der Waals surface area contributed by atoms with Gasteiger partial charge in [-0.3, -0.25) is 9.59 Å². The number of hydrogen-bond donors (Lipinski definition) is 1. The Labute approximate surface area is 215 Å². The zero-order valence-corrected chi connectivity index (χ0v) is 20.6. The standard InChI is InChI=1S/C28H28N6O3/c1-30-28(37)32(15-14-29)33-19-26(35)34-24(16-20-8-3-2-4-9-20)27(36)31(18-25(33)34)17-22-12-7-11-21-10-5-6-13-23(21)22/h2-13,24-25H,15-19H2,1H3,(H,30,37)/t24-,25+/m0/s1. The number of urea groups is 1. The van der Waals surface area contributed by atoms with Crippen LogP contribution in [0.3, 0.4) is 0 Å². The molecule has 9 nitrogen and oxygen atoms in total. The molecule has 0 bridgehead atoms. The highest BCUT2D eigenvalue weighted by Crippen LogP contribution is 2.31. The quantitative estimate of drug-likeness (QED) is 0.528. The summed E-state index contributed by atoms with van der Waals surface area (Å²) in [4.78, 5) is 43.2. The van der Waals surface area contributed by atoms with E-state index in [2.05, 4.69) is 5.32 Å². The molecule has 0 radical (unpaired) electrons. The van der Waals surface area contributed by atoms with Gasteiger partial charge >= 0.3 is 6.03 Å². The molecule has 3 aromatic carbocycles. The molecule has 9 heteroatoms. The number of carbonyl (C=O) groups is 3. The van der Waals surface area contributed by atoms with Gasteiger partial charge in [-0.05, 0) is 21.9 Å². The maximum absolute atomic E-state index is 13.9. The topological polar surface area (TPSA) is 100.0 Å². The van der Waals surface area contributed by atoms with Crippen LogP contribution in [-0.2, 0) is 22.6 Å². The molecule has 2 aliphatic rings.